The Hall–Kier alpha value is -1.88. The van der Waals surface area contributed by atoms with Gasteiger partial charge in [-0.3, -0.25) is 4.79 Å². The predicted octanol–water partition coefficient (Wildman–Crippen LogP) is 2.51. The molecule has 0 aliphatic carbocycles. The smallest absolute Gasteiger partial charge is 0.338 e. The number of benzene rings is 1. The lowest BCUT2D eigenvalue weighted by Crippen LogP contribution is -2.48. The van der Waals surface area contributed by atoms with Crippen molar-refractivity contribution in [3.8, 4) is 0 Å². The molecule has 2 atom stereocenters. The first-order valence-electron chi connectivity index (χ1n) is 8.30. The van der Waals surface area contributed by atoms with Crippen LogP contribution < -0.4 is 0 Å². The fourth-order valence-electron chi connectivity index (χ4n) is 2.91. The molecule has 0 N–H and O–H groups in total. The van der Waals surface area contributed by atoms with Crippen LogP contribution in [0.15, 0.2) is 30.3 Å². The van der Waals surface area contributed by atoms with Gasteiger partial charge >= 0.3 is 11.9 Å². The molecule has 0 saturated carbocycles. The molecule has 0 aromatic heterocycles. The molecule has 5 heteroatoms. The summed E-state index contributed by atoms with van der Waals surface area (Å²) in [5, 5.41) is 0. The first kappa shape index (κ1) is 17.5. The van der Waals surface area contributed by atoms with Crippen LogP contribution in [0.3, 0.4) is 0 Å². The number of hydrogen-bond acceptors (Lipinski definition) is 5. The summed E-state index contributed by atoms with van der Waals surface area (Å²) in [4.78, 5) is 26.7. The first-order chi connectivity index (χ1) is 11.2. The molecule has 0 bridgehead atoms. The molecular formula is C18H25NO4. The van der Waals surface area contributed by atoms with Gasteiger partial charge in [-0.15, -0.1) is 0 Å². The summed E-state index contributed by atoms with van der Waals surface area (Å²) in [6, 6.07) is 8.87. The van der Waals surface area contributed by atoms with Crippen molar-refractivity contribution in [3.05, 3.63) is 35.9 Å². The number of esters is 2. The van der Waals surface area contributed by atoms with E-state index in [1.165, 1.54) is 0 Å². The van der Waals surface area contributed by atoms with Gasteiger partial charge in [0.1, 0.15) is 12.0 Å². The summed E-state index contributed by atoms with van der Waals surface area (Å²) in [6.07, 6.45) is 1.27. The molecule has 1 fully saturated rings. The lowest BCUT2D eigenvalue weighted by Gasteiger charge is -2.36. The van der Waals surface area contributed by atoms with E-state index >= 15 is 0 Å². The van der Waals surface area contributed by atoms with Crippen molar-refractivity contribution >= 4 is 11.9 Å². The molecule has 23 heavy (non-hydrogen) atoms. The highest BCUT2D eigenvalue weighted by atomic mass is 16.6. The maximum Gasteiger partial charge on any atom is 0.338 e. The summed E-state index contributed by atoms with van der Waals surface area (Å²) in [7, 11) is 0. The number of carbonyl (C=O) groups is 2. The molecule has 1 aliphatic rings. The molecule has 0 amide bonds. The second-order valence-corrected chi connectivity index (χ2v) is 5.76. The van der Waals surface area contributed by atoms with Gasteiger partial charge in [-0.1, -0.05) is 25.1 Å². The normalized spacial score (nSPS) is 21.7. The predicted molar refractivity (Wildman–Crippen MR) is 87.1 cm³/mol. The molecule has 0 radical (unpaired) electrons. The molecule has 2 unspecified atom stereocenters. The summed E-state index contributed by atoms with van der Waals surface area (Å²) < 4.78 is 10.8. The van der Waals surface area contributed by atoms with Gasteiger partial charge in [0.2, 0.25) is 0 Å². The molecule has 1 aromatic carbocycles. The van der Waals surface area contributed by atoms with E-state index in [1.807, 2.05) is 6.07 Å². The van der Waals surface area contributed by atoms with E-state index in [1.54, 1.807) is 31.2 Å². The number of carbonyl (C=O) groups excluding carboxylic acids is 2. The average molecular weight is 319 g/mol. The number of ether oxygens (including phenoxy) is 2. The van der Waals surface area contributed by atoms with E-state index in [-0.39, 0.29) is 11.9 Å². The zero-order valence-corrected chi connectivity index (χ0v) is 13.9. The van der Waals surface area contributed by atoms with Gasteiger partial charge in [-0.2, -0.15) is 0 Å². The number of nitrogens with zero attached hydrogens (tertiary/aromatic N) is 1. The minimum atomic E-state index is -0.421. The van der Waals surface area contributed by atoms with Gasteiger partial charge in [-0.05, 0) is 38.4 Å². The van der Waals surface area contributed by atoms with E-state index in [2.05, 4.69) is 11.8 Å². The Morgan fingerprint density at radius 2 is 1.96 bits per heavy atom. The second kappa shape index (κ2) is 8.67. The molecule has 5 nitrogen and oxygen atoms in total. The topological polar surface area (TPSA) is 55.8 Å². The summed E-state index contributed by atoms with van der Waals surface area (Å²) in [5.41, 5.74) is 0.506. The highest BCUT2D eigenvalue weighted by Gasteiger charge is 2.37. The van der Waals surface area contributed by atoms with Crippen LogP contribution in [0.25, 0.3) is 0 Å². The van der Waals surface area contributed by atoms with Crippen molar-refractivity contribution in [3.63, 3.8) is 0 Å². The molecular weight excluding hydrogens is 294 g/mol. The maximum atomic E-state index is 12.3. The highest BCUT2D eigenvalue weighted by molar-refractivity contribution is 5.89. The summed E-state index contributed by atoms with van der Waals surface area (Å²) >= 11 is 0. The van der Waals surface area contributed by atoms with Crippen LogP contribution in [0.5, 0.6) is 0 Å². The maximum absolute atomic E-state index is 12.3. The number of hydrogen-bond donors (Lipinski definition) is 0. The second-order valence-electron chi connectivity index (χ2n) is 5.76. The van der Waals surface area contributed by atoms with Crippen LogP contribution in [-0.4, -0.2) is 49.2 Å². The van der Waals surface area contributed by atoms with Crippen LogP contribution >= 0.6 is 0 Å². The Labute approximate surface area is 137 Å². The molecule has 0 spiro atoms. The van der Waals surface area contributed by atoms with Gasteiger partial charge < -0.3 is 14.4 Å². The molecule has 1 aliphatic heterocycles. The summed E-state index contributed by atoms with van der Waals surface area (Å²) in [6.45, 7) is 6.59. The van der Waals surface area contributed by atoms with Crippen molar-refractivity contribution in [2.45, 2.75) is 32.8 Å². The Balaban J connectivity index is 2.05. The van der Waals surface area contributed by atoms with E-state index in [0.717, 1.165) is 19.5 Å². The van der Waals surface area contributed by atoms with Crippen LogP contribution in [0, 0.1) is 5.92 Å². The standard InChI is InChI=1S/C18H25NO4/c1-3-11-19-12-10-16(15(13-19)18(21)22-4-2)23-17(20)14-8-6-5-7-9-14/h5-9,15-16H,3-4,10-13H2,1-2H3. The van der Waals surface area contributed by atoms with E-state index in [4.69, 9.17) is 9.47 Å². The molecule has 1 heterocycles. The monoisotopic (exact) mass is 319 g/mol. The fourth-order valence-corrected chi connectivity index (χ4v) is 2.91. The number of rotatable bonds is 6. The van der Waals surface area contributed by atoms with Crippen molar-refractivity contribution in [2.75, 3.05) is 26.2 Å². The third-order valence-electron chi connectivity index (χ3n) is 4.03. The van der Waals surface area contributed by atoms with E-state index < -0.39 is 12.0 Å². The van der Waals surface area contributed by atoms with E-state index in [9.17, 15) is 9.59 Å². The zero-order valence-electron chi connectivity index (χ0n) is 13.9. The third-order valence-corrected chi connectivity index (χ3v) is 4.03. The SMILES string of the molecule is CCCN1CCC(OC(=O)c2ccccc2)C(C(=O)OCC)C1. The van der Waals surface area contributed by atoms with Crippen molar-refractivity contribution in [2.24, 2.45) is 5.92 Å². The minimum Gasteiger partial charge on any atom is -0.466 e. The van der Waals surface area contributed by atoms with Gasteiger partial charge in [-0.25, -0.2) is 4.79 Å². The zero-order chi connectivity index (χ0) is 16.7. The lowest BCUT2D eigenvalue weighted by atomic mass is 9.94. The van der Waals surface area contributed by atoms with Gasteiger partial charge in [0.05, 0.1) is 12.2 Å². The molecule has 126 valence electrons. The minimum absolute atomic E-state index is 0.279. The Morgan fingerprint density at radius 3 is 2.61 bits per heavy atom. The van der Waals surface area contributed by atoms with Crippen LogP contribution in [-0.2, 0) is 14.3 Å². The molecule has 1 saturated heterocycles. The van der Waals surface area contributed by atoms with Crippen LogP contribution in [0.2, 0.25) is 0 Å². The quantitative estimate of drug-likeness (QED) is 0.754. The lowest BCUT2D eigenvalue weighted by molar-refractivity contribution is -0.155. The highest BCUT2D eigenvalue weighted by Crippen LogP contribution is 2.23. The van der Waals surface area contributed by atoms with Crippen molar-refractivity contribution < 1.29 is 19.1 Å². The Morgan fingerprint density at radius 1 is 1.22 bits per heavy atom. The average Bonchev–Trinajstić information content (AvgIpc) is 2.57. The Bertz CT molecular complexity index is 517. The largest absolute Gasteiger partial charge is 0.466 e. The number of likely N-dealkylation sites (tertiary alicyclic amines) is 1. The number of piperidine rings is 1. The third kappa shape index (κ3) is 4.79. The van der Waals surface area contributed by atoms with Crippen LogP contribution in [0.4, 0.5) is 0 Å². The van der Waals surface area contributed by atoms with Gasteiger partial charge in [0, 0.05) is 13.1 Å². The molecule has 2 rings (SSSR count). The Kier molecular flexibility index (Phi) is 6.59. The van der Waals surface area contributed by atoms with Crippen molar-refractivity contribution in [1.29, 1.82) is 0 Å². The fraction of sp³-hybridized carbons (Fsp3) is 0.556. The van der Waals surface area contributed by atoms with Gasteiger partial charge in [0.15, 0.2) is 0 Å². The van der Waals surface area contributed by atoms with Crippen LogP contribution in [0.1, 0.15) is 37.0 Å². The molecule has 1 aromatic rings. The van der Waals surface area contributed by atoms with E-state index in [0.29, 0.717) is 25.1 Å². The van der Waals surface area contributed by atoms with Gasteiger partial charge in [0.25, 0.3) is 0 Å². The first-order valence-corrected chi connectivity index (χ1v) is 8.30. The summed E-state index contributed by atoms with van der Waals surface area (Å²) in [5.74, 6) is -1.07. The van der Waals surface area contributed by atoms with Crippen molar-refractivity contribution in [1.82, 2.24) is 4.90 Å².